The first-order valence-electron chi connectivity index (χ1n) is 5.65. The highest BCUT2D eigenvalue weighted by Gasteiger charge is 2.18. The van der Waals surface area contributed by atoms with Gasteiger partial charge < -0.3 is 10.1 Å². The lowest BCUT2D eigenvalue weighted by Crippen LogP contribution is -2.19. The second-order valence-corrected chi connectivity index (χ2v) is 3.83. The number of ether oxygens (including phenoxy) is 1. The van der Waals surface area contributed by atoms with Gasteiger partial charge >= 0.3 is 5.97 Å². The van der Waals surface area contributed by atoms with Crippen molar-refractivity contribution in [2.75, 3.05) is 13.7 Å². The van der Waals surface area contributed by atoms with E-state index in [9.17, 15) is 25.0 Å². The lowest BCUT2D eigenvalue weighted by Gasteiger charge is -2.05. The molecule has 0 heterocycles. The first-order valence-corrected chi connectivity index (χ1v) is 5.65. The highest BCUT2D eigenvalue weighted by atomic mass is 16.6. The molecule has 9 heteroatoms. The van der Waals surface area contributed by atoms with Crippen LogP contribution in [0.1, 0.15) is 12.0 Å². The van der Waals surface area contributed by atoms with Crippen molar-refractivity contribution in [1.29, 1.82) is 0 Å². The summed E-state index contributed by atoms with van der Waals surface area (Å²) in [6.45, 7) is 0.423. The minimum atomic E-state index is -0.693. The fourth-order valence-electron chi connectivity index (χ4n) is 1.50. The van der Waals surface area contributed by atoms with Crippen LogP contribution in [0, 0.1) is 20.2 Å². The lowest BCUT2D eigenvalue weighted by atomic mass is 10.1. The van der Waals surface area contributed by atoms with Gasteiger partial charge in [0.05, 0.1) is 29.4 Å². The van der Waals surface area contributed by atoms with Gasteiger partial charge in [0.15, 0.2) is 0 Å². The number of nitrogens with one attached hydrogen (secondary N) is 1. The number of carbonyl (C=O) groups excluding carboxylic acids is 1. The van der Waals surface area contributed by atoms with E-state index < -0.39 is 15.8 Å². The van der Waals surface area contributed by atoms with Crippen molar-refractivity contribution in [3.05, 3.63) is 44.0 Å². The maximum Gasteiger partial charge on any atom is 0.306 e. The van der Waals surface area contributed by atoms with E-state index in [0.29, 0.717) is 12.1 Å². The zero-order valence-corrected chi connectivity index (χ0v) is 10.7. The van der Waals surface area contributed by atoms with Gasteiger partial charge in [-0.1, -0.05) is 0 Å². The molecule has 0 spiro atoms. The zero-order valence-electron chi connectivity index (χ0n) is 10.7. The predicted molar refractivity (Wildman–Crippen MR) is 68.1 cm³/mol. The molecule has 0 aliphatic heterocycles. The Bertz CT molecular complexity index is 531. The quantitative estimate of drug-likeness (QED) is 0.344. The molecule has 1 aromatic carbocycles. The maximum absolute atomic E-state index is 10.9. The van der Waals surface area contributed by atoms with E-state index in [2.05, 4.69) is 10.1 Å². The largest absolute Gasteiger partial charge is 0.469 e. The van der Waals surface area contributed by atoms with Crippen molar-refractivity contribution in [3.63, 3.8) is 0 Å². The molecule has 1 N–H and O–H groups in total. The number of rotatable bonds is 7. The maximum atomic E-state index is 10.9. The highest BCUT2D eigenvalue weighted by Crippen LogP contribution is 2.24. The minimum absolute atomic E-state index is 0.130. The number of non-ortho nitro benzene ring substituents is 1. The van der Waals surface area contributed by atoms with Gasteiger partial charge in [-0.15, -0.1) is 0 Å². The molecule has 108 valence electrons. The fourth-order valence-corrected chi connectivity index (χ4v) is 1.50. The molecule has 0 saturated carbocycles. The molecule has 0 aliphatic rings. The Morgan fingerprint density at radius 1 is 1.30 bits per heavy atom. The first kappa shape index (κ1) is 15.5. The lowest BCUT2D eigenvalue weighted by molar-refractivity contribution is -0.394. The number of benzene rings is 1. The van der Waals surface area contributed by atoms with Gasteiger partial charge in [-0.05, 0) is 6.07 Å². The molecule has 0 unspecified atom stereocenters. The van der Waals surface area contributed by atoms with Gasteiger partial charge in [-0.25, -0.2) is 0 Å². The molecule has 0 saturated heterocycles. The number of carbonyl (C=O) groups is 1. The molecule has 0 radical (unpaired) electrons. The summed E-state index contributed by atoms with van der Waals surface area (Å²) < 4.78 is 4.44. The van der Waals surface area contributed by atoms with Crippen LogP contribution in [-0.4, -0.2) is 29.5 Å². The smallest absolute Gasteiger partial charge is 0.306 e. The molecule has 0 aliphatic carbocycles. The third-order valence-corrected chi connectivity index (χ3v) is 2.53. The van der Waals surface area contributed by atoms with E-state index in [1.54, 1.807) is 0 Å². The van der Waals surface area contributed by atoms with E-state index in [0.717, 1.165) is 6.07 Å². The van der Waals surface area contributed by atoms with Crippen LogP contribution < -0.4 is 5.32 Å². The number of nitro groups is 2. The van der Waals surface area contributed by atoms with Crippen LogP contribution in [0.15, 0.2) is 18.2 Å². The molecule has 0 aromatic heterocycles. The van der Waals surface area contributed by atoms with E-state index >= 15 is 0 Å². The van der Waals surface area contributed by atoms with Crippen molar-refractivity contribution < 1.29 is 19.4 Å². The molecule has 0 fully saturated rings. The van der Waals surface area contributed by atoms with Crippen molar-refractivity contribution >= 4 is 17.3 Å². The molecular formula is C11H13N3O6. The van der Waals surface area contributed by atoms with E-state index in [-0.39, 0.29) is 24.3 Å². The van der Waals surface area contributed by atoms with Crippen LogP contribution >= 0.6 is 0 Å². The Balaban J connectivity index is 2.72. The summed E-state index contributed by atoms with van der Waals surface area (Å²) in [5.74, 6) is -0.393. The first-order chi connectivity index (χ1) is 9.45. The van der Waals surface area contributed by atoms with Gasteiger partial charge in [0.25, 0.3) is 11.4 Å². The van der Waals surface area contributed by atoms with Gasteiger partial charge in [0, 0.05) is 24.7 Å². The fraction of sp³-hybridized carbons (Fsp3) is 0.364. The standard InChI is InChI=1S/C11H13N3O6/c1-20-11(15)4-5-12-7-8-2-3-9(13(16)17)6-10(8)14(18)19/h2-3,6,12H,4-5,7H2,1H3. The monoisotopic (exact) mass is 283 g/mol. The second-order valence-electron chi connectivity index (χ2n) is 3.83. The Labute approximate surface area is 113 Å². The van der Waals surface area contributed by atoms with Crippen molar-refractivity contribution in [2.45, 2.75) is 13.0 Å². The summed E-state index contributed by atoms with van der Waals surface area (Å²) in [7, 11) is 1.27. The summed E-state index contributed by atoms with van der Waals surface area (Å²) in [6, 6.07) is 3.43. The van der Waals surface area contributed by atoms with E-state index in [1.165, 1.54) is 19.2 Å². The van der Waals surface area contributed by atoms with Crippen molar-refractivity contribution in [1.82, 2.24) is 5.32 Å². The molecule has 0 atom stereocenters. The summed E-state index contributed by atoms with van der Waals surface area (Å²) in [5, 5.41) is 24.3. The molecular weight excluding hydrogens is 270 g/mol. The van der Waals surface area contributed by atoms with Crippen LogP contribution in [0.25, 0.3) is 0 Å². The number of hydrogen-bond acceptors (Lipinski definition) is 7. The number of methoxy groups -OCH3 is 1. The van der Waals surface area contributed by atoms with Crippen LogP contribution in [0.3, 0.4) is 0 Å². The van der Waals surface area contributed by atoms with Gasteiger partial charge in [0.2, 0.25) is 0 Å². The van der Waals surface area contributed by atoms with Crippen molar-refractivity contribution in [2.24, 2.45) is 0 Å². The predicted octanol–water partition coefficient (Wildman–Crippen LogP) is 1.16. The average Bonchev–Trinajstić information content (AvgIpc) is 2.42. The van der Waals surface area contributed by atoms with Gasteiger partial charge in [-0.2, -0.15) is 0 Å². The van der Waals surface area contributed by atoms with Gasteiger partial charge in [-0.3, -0.25) is 25.0 Å². The Hall–Kier alpha value is -2.55. The third-order valence-electron chi connectivity index (χ3n) is 2.53. The van der Waals surface area contributed by atoms with E-state index in [4.69, 9.17) is 0 Å². The van der Waals surface area contributed by atoms with Crippen LogP contribution in [-0.2, 0) is 16.1 Å². The number of nitrogens with zero attached hydrogens (tertiary/aromatic N) is 2. The van der Waals surface area contributed by atoms with Crippen molar-refractivity contribution in [3.8, 4) is 0 Å². The number of nitro benzene ring substituents is 2. The molecule has 0 amide bonds. The minimum Gasteiger partial charge on any atom is -0.469 e. The van der Waals surface area contributed by atoms with Crippen LogP contribution in [0.2, 0.25) is 0 Å². The molecule has 20 heavy (non-hydrogen) atoms. The Kier molecular flexibility index (Phi) is 5.54. The summed E-state index contributed by atoms with van der Waals surface area (Å²) in [4.78, 5) is 30.9. The zero-order chi connectivity index (χ0) is 15.1. The second kappa shape index (κ2) is 7.14. The average molecular weight is 283 g/mol. The normalized spacial score (nSPS) is 10.1. The Morgan fingerprint density at radius 2 is 2.00 bits per heavy atom. The molecule has 0 bridgehead atoms. The van der Waals surface area contributed by atoms with E-state index in [1.807, 2.05) is 0 Å². The third kappa shape index (κ3) is 4.28. The topological polar surface area (TPSA) is 125 Å². The summed E-state index contributed by atoms with van der Waals surface area (Å²) >= 11 is 0. The SMILES string of the molecule is COC(=O)CCNCc1ccc([N+](=O)[O-])cc1[N+](=O)[O-]. The number of esters is 1. The van der Waals surface area contributed by atoms with Gasteiger partial charge in [0.1, 0.15) is 0 Å². The molecule has 9 nitrogen and oxygen atoms in total. The Morgan fingerprint density at radius 3 is 2.55 bits per heavy atom. The number of hydrogen-bond donors (Lipinski definition) is 1. The van der Waals surface area contributed by atoms with Crippen LogP contribution in [0.5, 0.6) is 0 Å². The summed E-state index contributed by atoms with van der Waals surface area (Å²) in [5.41, 5.74) is -0.356. The highest BCUT2D eigenvalue weighted by molar-refractivity contribution is 5.69. The molecule has 1 rings (SSSR count). The summed E-state index contributed by atoms with van der Waals surface area (Å²) in [6.07, 6.45) is 0.136. The van der Waals surface area contributed by atoms with Crippen LogP contribution in [0.4, 0.5) is 11.4 Å². The molecule has 1 aromatic rings.